The summed E-state index contributed by atoms with van der Waals surface area (Å²) in [6, 6.07) is 10.4. The molecule has 0 N–H and O–H groups in total. The first-order chi connectivity index (χ1) is 8.15. The van der Waals surface area contributed by atoms with Crippen LogP contribution in [0.4, 0.5) is 0 Å². The first-order valence-corrected chi connectivity index (χ1v) is 6.67. The molecule has 0 aliphatic carbocycles. The topological polar surface area (TPSA) is 17.1 Å². The van der Waals surface area contributed by atoms with E-state index >= 15 is 0 Å². The average molecular weight is 244 g/mol. The molecule has 1 aromatic heterocycles. The highest BCUT2D eigenvalue weighted by molar-refractivity contribution is 7.10. The van der Waals surface area contributed by atoms with Gasteiger partial charge >= 0.3 is 0 Å². The average Bonchev–Trinajstić information content (AvgIpc) is 2.75. The van der Waals surface area contributed by atoms with Crippen molar-refractivity contribution >= 4 is 17.1 Å². The second-order valence-corrected chi connectivity index (χ2v) is 5.47. The molecule has 1 nitrogen and oxygen atoms in total. The number of thiophene rings is 1. The van der Waals surface area contributed by atoms with Crippen LogP contribution >= 0.6 is 11.3 Å². The van der Waals surface area contributed by atoms with Crippen LogP contribution in [0.25, 0.3) is 0 Å². The number of ketones is 1. The van der Waals surface area contributed by atoms with E-state index in [-0.39, 0.29) is 5.78 Å². The minimum Gasteiger partial charge on any atom is -0.294 e. The van der Waals surface area contributed by atoms with Gasteiger partial charge < -0.3 is 0 Å². The summed E-state index contributed by atoms with van der Waals surface area (Å²) in [5, 5.41) is 1.95. The van der Waals surface area contributed by atoms with Crippen molar-refractivity contribution in [1.29, 1.82) is 0 Å². The van der Waals surface area contributed by atoms with Gasteiger partial charge in [0, 0.05) is 22.2 Å². The van der Waals surface area contributed by atoms with Crippen LogP contribution in [-0.4, -0.2) is 5.78 Å². The molecule has 0 amide bonds. The Balaban J connectivity index is 1.94. The lowest BCUT2D eigenvalue weighted by Gasteiger charge is -2.01. The minimum atomic E-state index is 0.245. The van der Waals surface area contributed by atoms with Gasteiger partial charge in [-0.05, 0) is 31.9 Å². The fourth-order valence-corrected chi connectivity index (χ4v) is 2.45. The van der Waals surface area contributed by atoms with E-state index in [0.717, 1.165) is 12.0 Å². The molecule has 0 atom stereocenters. The molecule has 0 saturated heterocycles. The van der Waals surface area contributed by atoms with E-state index in [2.05, 4.69) is 31.2 Å². The van der Waals surface area contributed by atoms with Crippen LogP contribution in [0.2, 0.25) is 0 Å². The van der Waals surface area contributed by atoms with Crippen molar-refractivity contribution in [3.8, 4) is 0 Å². The molecule has 0 fully saturated rings. The van der Waals surface area contributed by atoms with Crippen molar-refractivity contribution in [1.82, 2.24) is 0 Å². The monoisotopic (exact) mass is 244 g/mol. The lowest BCUT2D eigenvalue weighted by Crippen LogP contribution is -1.99. The quantitative estimate of drug-likeness (QED) is 0.737. The number of aryl methyl sites for hydroxylation is 3. The van der Waals surface area contributed by atoms with Crippen LogP contribution in [0.5, 0.6) is 0 Å². The van der Waals surface area contributed by atoms with Crippen molar-refractivity contribution in [3.63, 3.8) is 0 Å². The smallest absolute Gasteiger partial charge is 0.164 e. The largest absolute Gasteiger partial charge is 0.294 e. The van der Waals surface area contributed by atoms with Crippen LogP contribution in [0, 0.1) is 13.8 Å². The second kappa shape index (κ2) is 5.28. The fourth-order valence-electron chi connectivity index (χ4n) is 1.75. The number of carbonyl (C=O) groups excluding carboxylic acids is 1. The third-order valence-electron chi connectivity index (χ3n) is 2.81. The number of hydrogen-bond acceptors (Lipinski definition) is 2. The van der Waals surface area contributed by atoms with Crippen LogP contribution in [0.15, 0.2) is 35.7 Å². The first kappa shape index (κ1) is 12.1. The minimum absolute atomic E-state index is 0.245. The third-order valence-corrected chi connectivity index (χ3v) is 3.68. The zero-order chi connectivity index (χ0) is 12.3. The predicted octanol–water partition coefficient (Wildman–Crippen LogP) is 4.18. The van der Waals surface area contributed by atoms with Gasteiger partial charge in [0.15, 0.2) is 5.78 Å². The number of rotatable bonds is 4. The summed E-state index contributed by atoms with van der Waals surface area (Å²) >= 11 is 1.64. The van der Waals surface area contributed by atoms with Crippen LogP contribution in [-0.2, 0) is 6.42 Å². The number of carbonyl (C=O) groups is 1. The van der Waals surface area contributed by atoms with E-state index in [1.54, 1.807) is 11.3 Å². The molecule has 0 saturated carbocycles. The molecular weight excluding hydrogens is 228 g/mol. The summed E-state index contributed by atoms with van der Waals surface area (Å²) in [5.74, 6) is 0.245. The van der Waals surface area contributed by atoms with Gasteiger partial charge in [0.1, 0.15) is 0 Å². The molecule has 2 rings (SSSR count). The Kier molecular flexibility index (Phi) is 3.75. The second-order valence-electron chi connectivity index (χ2n) is 4.35. The zero-order valence-electron chi connectivity index (χ0n) is 10.2. The summed E-state index contributed by atoms with van der Waals surface area (Å²) in [6.45, 7) is 4.10. The summed E-state index contributed by atoms with van der Waals surface area (Å²) in [6.07, 6.45) is 1.42. The summed E-state index contributed by atoms with van der Waals surface area (Å²) in [4.78, 5) is 13.1. The Morgan fingerprint density at radius 3 is 2.47 bits per heavy atom. The van der Waals surface area contributed by atoms with Gasteiger partial charge in [-0.25, -0.2) is 0 Å². The first-order valence-electron chi connectivity index (χ1n) is 5.79. The maximum absolute atomic E-state index is 11.9. The van der Waals surface area contributed by atoms with Crippen LogP contribution < -0.4 is 0 Å². The number of benzene rings is 1. The van der Waals surface area contributed by atoms with E-state index in [9.17, 15) is 4.79 Å². The van der Waals surface area contributed by atoms with Crippen molar-refractivity contribution in [3.05, 3.63) is 57.3 Å². The summed E-state index contributed by atoms with van der Waals surface area (Å²) < 4.78 is 0. The highest BCUT2D eigenvalue weighted by Gasteiger charge is 2.07. The molecule has 0 radical (unpaired) electrons. The molecule has 0 aliphatic rings. The highest BCUT2D eigenvalue weighted by atomic mass is 32.1. The fraction of sp³-hybridized carbons (Fsp3) is 0.267. The van der Waals surface area contributed by atoms with Crippen molar-refractivity contribution in [2.75, 3.05) is 0 Å². The lowest BCUT2D eigenvalue weighted by molar-refractivity contribution is 0.0983. The maximum Gasteiger partial charge on any atom is 0.164 e. The van der Waals surface area contributed by atoms with Crippen molar-refractivity contribution < 1.29 is 4.79 Å². The van der Waals surface area contributed by atoms with E-state index in [1.807, 2.05) is 18.4 Å². The van der Waals surface area contributed by atoms with Gasteiger partial charge in [-0.15, -0.1) is 11.3 Å². The van der Waals surface area contributed by atoms with Crippen molar-refractivity contribution in [2.24, 2.45) is 0 Å². The Labute approximate surface area is 106 Å². The van der Waals surface area contributed by atoms with E-state index < -0.39 is 0 Å². The normalized spacial score (nSPS) is 10.5. The Bertz CT molecular complexity index is 508. The van der Waals surface area contributed by atoms with Gasteiger partial charge in [-0.1, -0.05) is 29.8 Å². The van der Waals surface area contributed by atoms with Gasteiger partial charge in [0.05, 0.1) is 0 Å². The Morgan fingerprint density at radius 2 is 1.88 bits per heavy atom. The molecule has 1 aromatic carbocycles. The van der Waals surface area contributed by atoms with Gasteiger partial charge in [-0.3, -0.25) is 4.79 Å². The standard InChI is InChI=1S/C15H16OS/c1-11-3-5-13(6-4-11)7-8-15(16)14-9-12(2)17-10-14/h3-6,9-10H,7-8H2,1-2H3. The summed E-state index contributed by atoms with van der Waals surface area (Å²) in [5.41, 5.74) is 3.35. The highest BCUT2D eigenvalue weighted by Crippen LogP contribution is 2.16. The molecule has 88 valence electrons. The lowest BCUT2D eigenvalue weighted by atomic mass is 10.0. The Morgan fingerprint density at radius 1 is 1.18 bits per heavy atom. The SMILES string of the molecule is Cc1ccc(CCC(=O)c2csc(C)c2)cc1. The third kappa shape index (κ3) is 3.27. The molecule has 0 aliphatic heterocycles. The van der Waals surface area contributed by atoms with Crippen molar-refractivity contribution in [2.45, 2.75) is 26.7 Å². The predicted molar refractivity (Wildman–Crippen MR) is 72.9 cm³/mol. The van der Waals surface area contributed by atoms with Gasteiger partial charge in [0.2, 0.25) is 0 Å². The van der Waals surface area contributed by atoms with Crippen LogP contribution in [0.3, 0.4) is 0 Å². The van der Waals surface area contributed by atoms with E-state index in [0.29, 0.717) is 6.42 Å². The number of hydrogen-bond donors (Lipinski definition) is 0. The summed E-state index contributed by atoms with van der Waals surface area (Å²) in [7, 11) is 0. The zero-order valence-corrected chi connectivity index (χ0v) is 11.0. The van der Waals surface area contributed by atoms with E-state index in [1.165, 1.54) is 16.0 Å². The molecule has 0 bridgehead atoms. The van der Waals surface area contributed by atoms with E-state index in [4.69, 9.17) is 0 Å². The molecule has 1 heterocycles. The molecule has 0 spiro atoms. The van der Waals surface area contributed by atoms with Gasteiger partial charge in [0.25, 0.3) is 0 Å². The molecular formula is C15H16OS. The molecule has 2 aromatic rings. The van der Waals surface area contributed by atoms with Gasteiger partial charge in [-0.2, -0.15) is 0 Å². The molecule has 17 heavy (non-hydrogen) atoms. The molecule has 0 unspecified atom stereocenters. The van der Waals surface area contributed by atoms with Crippen LogP contribution in [0.1, 0.15) is 32.8 Å². The number of Topliss-reactive ketones (excluding diaryl/α,β-unsaturated/α-hetero) is 1. The Hall–Kier alpha value is -1.41. The molecule has 2 heteroatoms. The maximum atomic E-state index is 11.9.